The average Bonchev–Trinajstić information content (AvgIpc) is 2.48. The topological polar surface area (TPSA) is 60.2 Å². The van der Waals surface area contributed by atoms with E-state index >= 15 is 0 Å². The predicted molar refractivity (Wildman–Crippen MR) is 70.2 cm³/mol. The SMILES string of the molecule is CC(C)CCNc1snc(N)c1OC(C)C. The fraction of sp³-hybridized carbons (Fsp3) is 0.727. The van der Waals surface area contributed by atoms with Crippen LogP contribution in [0.25, 0.3) is 0 Å². The highest BCUT2D eigenvalue weighted by Gasteiger charge is 2.13. The van der Waals surface area contributed by atoms with Crippen molar-refractivity contribution < 1.29 is 4.74 Å². The molecule has 3 N–H and O–H groups in total. The zero-order valence-electron chi connectivity index (χ0n) is 10.4. The van der Waals surface area contributed by atoms with Gasteiger partial charge in [0.25, 0.3) is 0 Å². The summed E-state index contributed by atoms with van der Waals surface area (Å²) in [6, 6.07) is 0. The number of nitrogens with zero attached hydrogens (tertiary/aromatic N) is 1. The molecule has 0 aliphatic heterocycles. The zero-order chi connectivity index (χ0) is 12.1. The highest BCUT2D eigenvalue weighted by Crippen LogP contribution is 2.35. The minimum atomic E-state index is 0.115. The van der Waals surface area contributed by atoms with Gasteiger partial charge in [0.05, 0.1) is 6.10 Å². The van der Waals surface area contributed by atoms with Crippen molar-refractivity contribution in [3.05, 3.63) is 0 Å². The largest absolute Gasteiger partial charge is 0.484 e. The van der Waals surface area contributed by atoms with E-state index in [-0.39, 0.29) is 6.10 Å². The molecule has 0 unspecified atom stereocenters. The normalized spacial score (nSPS) is 11.1. The van der Waals surface area contributed by atoms with E-state index in [1.165, 1.54) is 11.5 Å². The molecule has 0 bridgehead atoms. The van der Waals surface area contributed by atoms with Crippen molar-refractivity contribution in [1.82, 2.24) is 4.37 Å². The summed E-state index contributed by atoms with van der Waals surface area (Å²) in [7, 11) is 0. The second-order valence-corrected chi connectivity index (χ2v) is 5.28. The van der Waals surface area contributed by atoms with Gasteiger partial charge in [-0.05, 0) is 37.7 Å². The maximum atomic E-state index is 5.76. The Balaban J connectivity index is 2.58. The van der Waals surface area contributed by atoms with E-state index < -0.39 is 0 Å². The summed E-state index contributed by atoms with van der Waals surface area (Å²) in [4.78, 5) is 0. The number of nitrogens with two attached hydrogens (primary N) is 1. The van der Waals surface area contributed by atoms with Gasteiger partial charge in [0, 0.05) is 6.54 Å². The van der Waals surface area contributed by atoms with Crippen molar-refractivity contribution in [2.75, 3.05) is 17.6 Å². The van der Waals surface area contributed by atoms with Crippen LogP contribution in [0.1, 0.15) is 34.1 Å². The van der Waals surface area contributed by atoms with Crippen LogP contribution in [0.15, 0.2) is 0 Å². The summed E-state index contributed by atoms with van der Waals surface area (Å²) in [6.45, 7) is 9.29. The summed E-state index contributed by atoms with van der Waals surface area (Å²) >= 11 is 1.36. The van der Waals surface area contributed by atoms with E-state index in [4.69, 9.17) is 10.5 Å². The van der Waals surface area contributed by atoms with E-state index in [2.05, 4.69) is 23.5 Å². The molecular weight excluding hydrogens is 222 g/mol. The van der Waals surface area contributed by atoms with Gasteiger partial charge in [-0.3, -0.25) is 0 Å². The molecule has 0 aliphatic rings. The first-order valence-corrected chi connectivity index (χ1v) is 6.43. The van der Waals surface area contributed by atoms with Gasteiger partial charge in [0.15, 0.2) is 16.6 Å². The molecule has 4 nitrogen and oxygen atoms in total. The monoisotopic (exact) mass is 243 g/mol. The van der Waals surface area contributed by atoms with Crippen LogP contribution in [-0.2, 0) is 0 Å². The third-order valence-electron chi connectivity index (χ3n) is 2.03. The molecule has 0 aliphatic carbocycles. The van der Waals surface area contributed by atoms with Crippen LogP contribution in [0.5, 0.6) is 5.75 Å². The third kappa shape index (κ3) is 3.89. The number of rotatable bonds is 6. The Morgan fingerprint density at radius 2 is 2.06 bits per heavy atom. The first kappa shape index (κ1) is 13.1. The maximum absolute atomic E-state index is 5.76. The number of hydrogen-bond acceptors (Lipinski definition) is 5. The summed E-state index contributed by atoms with van der Waals surface area (Å²) in [5.41, 5.74) is 5.76. The Kier molecular flexibility index (Phi) is 4.86. The Morgan fingerprint density at radius 3 is 2.62 bits per heavy atom. The number of aromatic nitrogens is 1. The Labute approximate surface area is 101 Å². The van der Waals surface area contributed by atoms with E-state index in [0.29, 0.717) is 17.5 Å². The van der Waals surface area contributed by atoms with Gasteiger partial charge in [-0.15, -0.1) is 0 Å². The van der Waals surface area contributed by atoms with Gasteiger partial charge < -0.3 is 15.8 Å². The van der Waals surface area contributed by atoms with Crippen LogP contribution in [-0.4, -0.2) is 17.0 Å². The first-order chi connectivity index (χ1) is 7.50. The van der Waals surface area contributed by atoms with Crippen LogP contribution in [0, 0.1) is 5.92 Å². The first-order valence-electron chi connectivity index (χ1n) is 5.66. The number of hydrogen-bond donors (Lipinski definition) is 2. The van der Waals surface area contributed by atoms with Crippen molar-refractivity contribution in [3.63, 3.8) is 0 Å². The molecular formula is C11H21N3OS. The van der Waals surface area contributed by atoms with Gasteiger partial charge in [0.1, 0.15) is 0 Å². The van der Waals surface area contributed by atoms with E-state index in [9.17, 15) is 0 Å². The van der Waals surface area contributed by atoms with Gasteiger partial charge in [-0.25, -0.2) is 0 Å². The molecule has 0 atom stereocenters. The summed E-state index contributed by atoms with van der Waals surface area (Å²) in [5, 5.41) is 4.26. The lowest BCUT2D eigenvalue weighted by Crippen LogP contribution is -2.09. The lowest BCUT2D eigenvalue weighted by atomic mass is 10.1. The molecule has 0 aromatic carbocycles. The fourth-order valence-electron chi connectivity index (χ4n) is 1.23. The van der Waals surface area contributed by atoms with Gasteiger partial charge in [-0.2, -0.15) is 4.37 Å². The maximum Gasteiger partial charge on any atom is 0.197 e. The summed E-state index contributed by atoms with van der Waals surface area (Å²) in [5.74, 6) is 1.86. The smallest absolute Gasteiger partial charge is 0.197 e. The molecule has 0 fully saturated rings. The third-order valence-corrected chi connectivity index (χ3v) is 2.84. The lowest BCUT2D eigenvalue weighted by molar-refractivity contribution is 0.245. The second-order valence-electron chi connectivity index (χ2n) is 4.50. The number of anilines is 2. The molecule has 0 amide bonds. The number of nitrogens with one attached hydrogen (secondary N) is 1. The number of nitrogen functional groups attached to an aromatic ring is 1. The Bertz CT molecular complexity index is 323. The van der Waals surface area contributed by atoms with E-state index in [0.717, 1.165) is 18.0 Å². The highest BCUT2D eigenvalue weighted by molar-refractivity contribution is 7.11. The molecule has 16 heavy (non-hydrogen) atoms. The standard InChI is InChI=1S/C11H21N3OS/c1-7(2)5-6-13-11-9(15-8(3)4)10(12)14-16-11/h7-8,13H,5-6H2,1-4H3,(H2,12,14). The predicted octanol–water partition coefficient (Wildman–Crippen LogP) is 2.97. The zero-order valence-corrected chi connectivity index (χ0v) is 11.2. The second kappa shape index (κ2) is 5.94. The number of ether oxygens (including phenoxy) is 1. The minimum Gasteiger partial charge on any atom is -0.484 e. The van der Waals surface area contributed by atoms with Crippen molar-refractivity contribution >= 4 is 22.4 Å². The van der Waals surface area contributed by atoms with Gasteiger partial charge >= 0.3 is 0 Å². The van der Waals surface area contributed by atoms with Crippen molar-refractivity contribution in [2.45, 2.75) is 40.2 Å². The Morgan fingerprint density at radius 1 is 1.38 bits per heavy atom. The van der Waals surface area contributed by atoms with Crippen LogP contribution in [0.4, 0.5) is 10.8 Å². The molecule has 5 heteroatoms. The molecule has 0 radical (unpaired) electrons. The van der Waals surface area contributed by atoms with Crippen molar-refractivity contribution in [2.24, 2.45) is 5.92 Å². The van der Waals surface area contributed by atoms with Gasteiger partial charge in [0.2, 0.25) is 0 Å². The summed E-state index contributed by atoms with van der Waals surface area (Å²) < 4.78 is 9.73. The quantitative estimate of drug-likeness (QED) is 0.806. The van der Waals surface area contributed by atoms with Crippen molar-refractivity contribution in [3.8, 4) is 5.75 Å². The molecule has 1 rings (SSSR count). The Hall–Kier alpha value is -0.970. The van der Waals surface area contributed by atoms with Crippen LogP contribution in [0.3, 0.4) is 0 Å². The summed E-state index contributed by atoms with van der Waals surface area (Å²) in [6.07, 6.45) is 1.24. The average molecular weight is 243 g/mol. The fourth-order valence-corrected chi connectivity index (χ4v) is 1.91. The van der Waals surface area contributed by atoms with Gasteiger partial charge in [-0.1, -0.05) is 13.8 Å². The molecule has 1 aromatic heterocycles. The molecule has 0 saturated heterocycles. The van der Waals surface area contributed by atoms with E-state index in [1.807, 2.05) is 13.8 Å². The molecule has 1 heterocycles. The van der Waals surface area contributed by atoms with Crippen molar-refractivity contribution in [1.29, 1.82) is 0 Å². The molecule has 1 aromatic rings. The highest BCUT2D eigenvalue weighted by atomic mass is 32.1. The molecule has 0 spiro atoms. The molecule has 92 valence electrons. The van der Waals surface area contributed by atoms with E-state index in [1.54, 1.807) is 0 Å². The molecule has 0 saturated carbocycles. The lowest BCUT2D eigenvalue weighted by Gasteiger charge is -2.12. The van der Waals surface area contributed by atoms with Crippen LogP contribution in [0.2, 0.25) is 0 Å². The minimum absolute atomic E-state index is 0.115. The van der Waals surface area contributed by atoms with Crippen LogP contribution >= 0.6 is 11.5 Å². The van der Waals surface area contributed by atoms with Crippen LogP contribution < -0.4 is 15.8 Å².